The van der Waals surface area contributed by atoms with Crippen LogP contribution < -0.4 is 5.43 Å². The lowest BCUT2D eigenvalue weighted by molar-refractivity contribution is -0.385. The molecule has 0 unspecified atom stereocenters. The second-order valence-electron chi connectivity index (χ2n) is 10.1. The molecule has 4 bridgehead atoms. The molecule has 4 saturated carbocycles. The molecular weight excluding hydrogens is 569 g/mol. The number of rotatable bonds is 7. The lowest BCUT2D eigenvalue weighted by Gasteiger charge is -2.57. The van der Waals surface area contributed by atoms with Crippen LogP contribution in [0.25, 0.3) is 0 Å². The minimum atomic E-state index is -4.38. The van der Waals surface area contributed by atoms with Gasteiger partial charge < -0.3 is 0 Å². The van der Waals surface area contributed by atoms with Gasteiger partial charge in [0.1, 0.15) is 0 Å². The van der Waals surface area contributed by atoms with Crippen LogP contribution in [-0.4, -0.2) is 30.2 Å². The first-order valence-corrected chi connectivity index (χ1v) is 14.0. The number of carbonyl (C=O) groups excluding carboxylic acids is 1. The van der Waals surface area contributed by atoms with E-state index in [0.717, 1.165) is 28.9 Å². The molecule has 180 valence electrons. The van der Waals surface area contributed by atoms with Crippen molar-refractivity contribution < 1.29 is 18.1 Å². The predicted octanol–water partition coefficient (Wildman–Crippen LogP) is 4.75. The zero-order valence-electron chi connectivity index (χ0n) is 18.5. The third kappa shape index (κ3) is 4.47. The van der Waals surface area contributed by atoms with E-state index >= 15 is 0 Å². The highest BCUT2D eigenvalue weighted by Gasteiger charge is 2.51. The number of halogens is 1. The first kappa shape index (κ1) is 23.7. The lowest BCUT2D eigenvalue weighted by atomic mass is 9.49. The van der Waals surface area contributed by atoms with Gasteiger partial charge in [-0.2, -0.15) is 12.8 Å². The number of non-ortho nitro benzene ring substituents is 1. The molecule has 4 aliphatic carbocycles. The van der Waals surface area contributed by atoms with Gasteiger partial charge in [0, 0.05) is 27.8 Å². The largest absolute Gasteiger partial charge is 0.282 e. The quantitative estimate of drug-likeness (QED) is 0.281. The van der Waals surface area contributed by atoms with Gasteiger partial charge in [-0.3, -0.25) is 14.9 Å². The number of hydrogen-bond donors (Lipinski definition) is 1. The van der Waals surface area contributed by atoms with E-state index in [2.05, 4.69) is 28.0 Å². The Balaban J connectivity index is 1.47. The van der Waals surface area contributed by atoms with Crippen molar-refractivity contribution in [3.05, 3.63) is 67.8 Å². The first-order chi connectivity index (χ1) is 16.1. The average Bonchev–Trinajstić information content (AvgIpc) is 2.78. The number of nitro benzene ring substituents is 1. The Bertz CT molecular complexity index is 1200. The normalized spacial score (nSPS) is 27.5. The maximum Gasteiger partial charge on any atom is 0.282 e. The molecule has 2 aromatic carbocycles. The van der Waals surface area contributed by atoms with Crippen molar-refractivity contribution in [1.29, 1.82) is 0 Å². The molecule has 0 heterocycles. The second kappa shape index (κ2) is 8.87. The standard InChI is InChI=1S/C24H26IN3O5S/c25-20-6-4-19(5-7-20)23(29)27(34(32,33)22-3-1-2-21(11-22)28(30)31)26-15-24-12-16-8-17(13-24)10-18(9-16)14-24/h1-7,11,16-18,26H,8-10,12-15H2. The molecule has 10 heteroatoms. The highest BCUT2D eigenvalue weighted by molar-refractivity contribution is 14.1. The van der Waals surface area contributed by atoms with Crippen LogP contribution in [0.3, 0.4) is 0 Å². The van der Waals surface area contributed by atoms with Crippen LogP contribution in [0, 0.1) is 36.9 Å². The maximum atomic E-state index is 13.6. The molecule has 4 aliphatic rings. The van der Waals surface area contributed by atoms with Crippen LogP contribution in [0.5, 0.6) is 0 Å². The summed E-state index contributed by atoms with van der Waals surface area (Å²) in [4.78, 5) is 23.8. The summed E-state index contributed by atoms with van der Waals surface area (Å²) in [7, 11) is -4.38. The number of amides is 1. The molecule has 8 nitrogen and oxygen atoms in total. The molecule has 34 heavy (non-hydrogen) atoms. The zero-order valence-corrected chi connectivity index (χ0v) is 21.5. The summed E-state index contributed by atoms with van der Waals surface area (Å²) in [6.07, 6.45) is 6.93. The van der Waals surface area contributed by atoms with Gasteiger partial charge in [-0.25, -0.2) is 5.43 Å². The van der Waals surface area contributed by atoms with Crippen LogP contribution in [0.1, 0.15) is 48.9 Å². The smallest absolute Gasteiger partial charge is 0.266 e. The summed E-state index contributed by atoms with van der Waals surface area (Å²) in [5, 5.41) is 11.2. The number of nitrogens with one attached hydrogen (secondary N) is 1. The summed E-state index contributed by atoms with van der Waals surface area (Å²) in [5.41, 5.74) is 2.87. The van der Waals surface area contributed by atoms with E-state index in [1.54, 1.807) is 24.3 Å². The SMILES string of the molecule is O=C(c1ccc(I)cc1)N(NCC12CC3CC(CC(C3)C1)C2)S(=O)(=O)c1cccc([N+](=O)[O-])c1. The summed E-state index contributed by atoms with van der Waals surface area (Å²) < 4.78 is 28.9. The molecule has 0 aromatic heterocycles. The van der Waals surface area contributed by atoms with E-state index in [0.29, 0.717) is 28.7 Å². The van der Waals surface area contributed by atoms with Crippen molar-refractivity contribution >= 4 is 44.2 Å². The van der Waals surface area contributed by atoms with Crippen molar-refractivity contribution in [2.24, 2.45) is 23.2 Å². The summed E-state index contributed by atoms with van der Waals surface area (Å²) in [6.45, 7) is 0.390. The van der Waals surface area contributed by atoms with E-state index in [-0.39, 0.29) is 21.6 Å². The Morgan fingerprint density at radius 3 is 2.21 bits per heavy atom. The van der Waals surface area contributed by atoms with Gasteiger partial charge in [0.05, 0.1) is 9.82 Å². The number of nitro groups is 1. The van der Waals surface area contributed by atoms with Crippen LogP contribution in [0.15, 0.2) is 53.4 Å². The number of sulfonamides is 1. The molecule has 1 amide bonds. The van der Waals surface area contributed by atoms with E-state index in [1.165, 1.54) is 37.5 Å². The number of benzene rings is 2. The van der Waals surface area contributed by atoms with Gasteiger partial charge in [0.15, 0.2) is 0 Å². The number of hydrazine groups is 1. The van der Waals surface area contributed by atoms with E-state index in [9.17, 15) is 23.3 Å². The van der Waals surface area contributed by atoms with Crippen molar-refractivity contribution in [1.82, 2.24) is 9.84 Å². The van der Waals surface area contributed by atoms with E-state index in [4.69, 9.17) is 0 Å². The van der Waals surface area contributed by atoms with Crippen molar-refractivity contribution in [3.63, 3.8) is 0 Å². The van der Waals surface area contributed by atoms with Crippen LogP contribution in [0.2, 0.25) is 0 Å². The van der Waals surface area contributed by atoms with Crippen molar-refractivity contribution in [2.75, 3.05) is 6.54 Å². The fourth-order valence-corrected chi connectivity index (χ4v) is 8.23. The summed E-state index contributed by atoms with van der Waals surface area (Å²) >= 11 is 2.12. The monoisotopic (exact) mass is 595 g/mol. The van der Waals surface area contributed by atoms with Crippen LogP contribution in [-0.2, 0) is 10.0 Å². The van der Waals surface area contributed by atoms with Gasteiger partial charge in [-0.05, 0) is 115 Å². The molecule has 0 spiro atoms. The fraction of sp³-hybridized carbons (Fsp3) is 0.458. The molecular formula is C24H26IN3O5S. The highest BCUT2D eigenvalue weighted by Crippen LogP contribution is 2.59. The molecule has 0 aliphatic heterocycles. The Labute approximate surface area is 212 Å². The molecule has 0 saturated heterocycles. The molecule has 1 N–H and O–H groups in total. The average molecular weight is 595 g/mol. The van der Waals surface area contributed by atoms with Gasteiger partial charge in [0.2, 0.25) is 0 Å². The molecule has 6 rings (SSSR count). The number of carbonyl (C=O) groups is 1. The number of hydrogen-bond acceptors (Lipinski definition) is 6. The Hall–Kier alpha value is -2.05. The molecule has 4 fully saturated rings. The second-order valence-corrected chi connectivity index (χ2v) is 13.1. The Morgan fingerprint density at radius 2 is 1.65 bits per heavy atom. The molecule has 2 aromatic rings. The molecule has 0 atom stereocenters. The zero-order chi connectivity index (χ0) is 24.1. The fourth-order valence-electron chi connectivity index (χ4n) is 6.58. The number of nitrogens with zero attached hydrogens (tertiary/aromatic N) is 2. The minimum absolute atomic E-state index is 0.0163. The predicted molar refractivity (Wildman–Crippen MR) is 134 cm³/mol. The molecule has 0 radical (unpaired) electrons. The Kier molecular flexibility index (Phi) is 6.18. The van der Waals surface area contributed by atoms with Gasteiger partial charge in [-0.15, -0.1) is 0 Å². The summed E-state index contributed by atoms with van der Waals surface area (Å²) in [6, 6.07) is 11.5. The van der Waals surface area contributed by atoms with Crippen LogP contribution >= 0.6 is 22.6 Å². The highest BCUT2D eigenvalue weighted by atomic mass is 127. The summed E-state index contributed by atoms with van der Waals surface area (Å²) in [5.74, 6) is 1.35. The minimum Gasteiger partial charge on any atom is -0.266 e. The van der Waals surface area contributed by atoms with Gasteiger partial charge in [0.25, 0.3) is 21.6 Å². The Morgan fingerprint density at radius 1 is 1.06 bits per heavy atom. The van der Waals surface area contributed by atoms with Crippen molar-refractivity contribution in [2.45, 2.75) is 43.4 Å². The first-order valence-electron chi connectivity index (χ1n) is 11.5. The van der Waals surface area contributed by atoms with Gasteiger partial charge in [-0.1, -0.05) is 6.07 Å². The lowest BCUT2D eigenvalue weighted by Crippen LogP contribution is -2.55. The topological polar surface area (TPSA) is 110 Å². The third-order valence-electron chi connectivity index (χ3n) is 7.61. The van der Waals surface area contributed by atoms with Crippen molar-refractivity contribution in [3.8, 4) is 0 Å². The van der Waals surface area contributed by atoms with Gasteiger partial charge >= 0.3 is 0 Å². The maximum absolute atomic E-state index is 13.6. The van der Waals surface area contributed by atoms with E-state index in [1.807, 2.05) is 0 Å². The van der Waals surface area contributed by atoms with Crippen LogP contribution in [0.4, 0.5) is 5.69 Å². The van der Waals surface area contributed by atoms with E-state index < -0.39 is 20.9 Å². The third-order valence-corrected chi connectivity index (χ3v) is 9.95.